The summed E-state index contributed by atoms with van der Waals surface area (Å²) in [5, 5.41) is 20.3. The number of benzene rings is 1. The normalized spacial score (nSPS) is 10.8. The molecule has 0 unspecified atom stereocenters. The lowest BCUT2D eigenvalue weighted by molar-refractivity contribution is 0.528. The maximum atomic E-state index is 5.70. The second-order valence-electron chi connectivity index (χ2n) is 4.56. The highest BCUT2D eigenvalue weighted by molar-refractivity contribution is 8.00. The molecule has 0 aliphatic rings. The van der Waals surface area contributed by atoms with Crippen LogP contribution in [0.5, 0.6) is 0 Å². The van der Waals surface area contributed by atoms with E-state index in [0.29, 0.717) is 17.5 Å². The summed E-state index contributed by atoms with van der Waals surface area (Å²) >= 11 is 3.06. The number of nitrogens with one attached hydrogen (secondary N) is 1. The van der Waals surface area contributed by atoms with Crippen molar-refractivity contribution in [3.05, 3.63) is 35.7 Å². The second kappa shape index (κ2) is 6.89. The first-order chi connectivity index (χ1) is 10.7. The van der Waals surface area contributed by atoms with E-state index in [1.165, 1.54) is 11.3 Å². The maximum Gasteiger partial charge on any atom is 0.247 e. The van der Waals surface area contributed by atoms with Crippen LogP contribution in [0.2, 0.25) is 0 Å². The summed E-state index contributed by atoms with van der Waals surface area (Å²) in [4.78, 5) is 0. The molecular formula is C14H15N5OS2. The molecule has 2 aromatic heterocycles. The van der Waals surface area contributed by atoms with Crippen LogP contribution < -0.4 is 5.32 Å². The smallest absolute Gasteiger partial charge is 0.247 e. The van der Waals surface area contributed by atoms with Gasteiger partial charge in [-0.2, -0.15) is 0 Å². The SMILES string of the molecule is CCNc1nnc(SCc2nnc(-c3cccc(C)c3)o2)s1. The third-order valence-electron chi connectivity index (χ3n) is 2.79. The van der Waals surface area contributed by atoms with Gasteiger partial charge in [0.15, 0.2) is 4.34 Å². The summed E-state index contributed by atoms with van der Waals surface area (Å²) in [6, 6.07) is 8.00. The van der Waals surface area contributed by atoms with E-state index in [0.717, 1.165) is 27.1 Å². The Morgan fingerprint density at radius 3 is 2.95 bits per heavy atom. The van der Waals surface area contributed by atoms with E-state index in [9.17, 15) is 0 Å². The lowest BCUT2D eigenvalue weighted by Gasteiger charge is -1.96. The van der Waals surface area contributed by atoms with Gasteiger partial charge in [0.2, 0.25) is 16.9 Å². The molecule has 0 bridgehead atoms. The number of anilines is 1. The minimum atomic E-state index is 0.546. The van der Waals surface area contributed by atoms with Gasteiger partial charge in [-0.1, -0.05) is 40.8 Å². The Morgan fingerprint density at radius 2 is 2.14 bits per heavy atom. The minimum Gasteiger partial charge on any atom is -0.420 e. The van der Waals surface area contributed by atoms with E-state index < -0.39 is 0 Å². The molecule has 0 aliphatic heterocycles. The summed E-state index contributed by atoms with van der Waals surface area (Å²) in [6.45, 7) is 4.90. The topological polar surface area (TPSA) is 76.7 Å². The van der Waals surface area contributed by atoms with Crippen LogP contribution in [0.25, 0.3) is 11.5 Å². The van der Waals surface area contributed by atoms with Crippen LogP contribution in [0.4, 0.5) is 5.13 Å². The van der Waals surface area contributed by atoms with Crippen LogP contribution in [0.15, 0.2) is 33.0 Å². The maximum absolute atomic E-state index is 5.70. The summed E-state index contributed by atoms with van der Waals surface area (Å²) in [5.41, 5.74) is 2.10. The predicted octanol–water partition coefficient (Wildman–Crippen LogP) is 3.62. The molecule has 8 heteroatoms. The molecule has 0 saturated heterocycles. The van der Waals surface area contributed by atoms with Gasteiger partial charge in [0, 0.05) is 12.1 Å². The third-order valence-corrected chi connectivity index (χ3v) is 4.78. The molecule has 6 nitrogen and oxygen atoms in total. The zero-order valence-corrected chi connectivity index (χ0v) is 13.9. The van der Waals surface area contributed by atoms with Crippen molar-refractivity contribution in [2.75, 3.05) is 11.9 Å². The lowest BCUT2D eigenvalue weighted by Crippen LogP contribution is -1.94. The van der Waals surface area contributed by atoms with Gasteiger partial charge in [-0.05, 0) is 26.0 Å². The number of aromatic nitrogens is 4. The Morgan fingerprint density at radius 1 is 1.23 bits per heavy atom. The van der Waals surface area contributed by atoms with Crippen molar-refractivity contribution in [2.24, 2.45) is 0 Å². The molecule has 0 radical (unpaired) electrons. The van der Waals surface area contributed by atoms with Crippen molar-refractivity contribution in [2.45, 2.75) is 23.9 Å². The van der Waals surface area contributed by atoms with Crippen molar-refractivity contribution < 1.29 is 4.42 Å². The largest absolute Gasteiger partial charge is 0.420 e. The number of aryl methyl sites for hydroxylation is 1. The van der Waals surface area contributed by atoms with E-state index in [4.69, 9.17) is 4.42 Å². The quantitative estimate of drug-likeness (QED) is 0.690. The van der Waals surface area contributed by atoms with Crippen LogP contribution in [-0.4, -0.2) is 26.9 Å². The van der Waals surface area contributed by atoms with Crippen LogP contribution in [0.3, 0.4) is 0 Å². The van der Waals surface area contributed by atoms with E-state index >= 15 is 0 Å². The molecule has 0 aliphatic carbocycles. The minimum absolute atomic E-state index is 0.546. The highest BCUT2D eigenvalue weighted by Gasteiger charge is 2.11. The highest BCUT2D eigenvalue weighted by atomic mass is 32.2. The van der Waals surface area contributed by atoms with Gasteiger partial charge in [0.1, 0.15) is 0 Å². The molecule has 0 atom stereocenters. The average molecular weight is 333 g/mol. The van der Waals surface area contributed by atoms with E-state index in [2.05, 4.69) is 25.7 Å². The first-order valence-corrected chi connectivity index (χ1v) is 8.64. The number of thioether (sulfide) groups is 1. The number of nitrogens with zero attached hydrogens (tertiary/aromatic N) is 4. The Bertz CT molecular complexity index is 755. The fourth-order valence-electron chi connectivity index (χ4n) is 1.82. The molecule has 114 valence electrons. The molecule has 1 N–H and O–H groups in total. The molecule has 3 aromatic rings. The van der Waals surface area contributed by atoms with Crippen molar-refractivity contribution in [1.82, 2.24) is 20.4 Å². The second-order valence-corrected chi connectivity index (χ2v) is 6.76. The average Bonchev–Trinajstić information content (AvgIpc) is 3.15. The molecule has 22 heavy (non-hydrogen) atoms. The number of hydrogen-bond acceptors (Lipinski definition) is 8. The molecule has 0 fully saturated rings. The molecule has 1 aromatic carbocycles. The Hall–Kier alpha value is -1.93. The fraction of sp³-hybridized carbons (Fsp3) is 0.286. The van der Waals surface area contributed by atoms with Crippen molar-refractivity contribution >= 4 is 28.2 Å². The molecule has 2 heterocycles. The number of hydrogen-bond donors (Lipinski definition) is 1. The van der Waals surface area contributed by atoms with Gasteiger partial charge in [-0.25, -0.2) is 0 Å². The van der Waals surface area contributed by atoms with Crippen molar-refractivity contribution in [3.8, 4) is 11.5 Å². The van der Waals surface area contributed by atoms with Crippen LogP contribution in [0.1, 0.15) is 18.4 Å². The summed E-state index contributed by atoms with van der Waals surface area (Å²) < 4.78 is 6.58. The van der Waals surface area contributed by atoms with E-state index in [1.54, 1.807) is 11.8 Å². The van der Waals surface area contributed by atoms with Gasteiger partial charge in [0.05, 0.1) is 5.75 Å². The monoisotopic (exact) mass is 333 g/mol. The first kappa shape index (κ1) is 15.0. The molecular weight excluding hydrogens is 318 g/mol. The van der Waals surface area contributed by atoms with Crippen LogP contribution in [-0.2, 0) is 5.75 Å². The van der Waals surface area contributed by atoms with Crippen molar-refractivity contribution in [3.63, 3.8) is 0 Å². The Kier molecular flexibility index (Phi) is 4.69. The van der Waals surface area contributed by atoms with Crippen LogP contribution >= 0.6 is 23.1 Å². The third kappa shape index (κ3) is 3.63. The highest BCUT2D eigenvalue weighted by Crippen LogP contribution is 2.28. The lowest BCUT2D eigenvalue weighted by atomic mass is 10.1. The number of rotatable bonds is 6. The summed E-state index contributed by atoms with van der Waals surface area (Å²) in [6.07, 6.45) is 0. The molecule has 0 spiro atoms. The fourth-order valence-corrected chi connectivity index (χ4v) is 3.48. The Labute approximate surface area is 136 Å². The van der Waals surface area contributed by atoms with E-state index in [-0.39, 0.29) is 0 Å². The molecule has 0 saturated carbocycles. The first-order valence-electron chi connectivity index (χ1n) is 6.84. The van der Waals surface area contributed by atoms with Gasteiger partial charge in [0.25, 0.3) is 0 Å². The van der Waals surface area contributed by atoms with Crippen LogP contribution in [0, 0.1) is 6.92 Å². The predicted molar refractivity (Wildman–Crippen MR) is 88.1 cm³/mol. The van der Waals surface area contributed by atoms with Crippen molar-refractivity contribution in [1.29, 1.82) is 0 Å². The zero-order valence-electron chi connectivity index (χ0n) is 12.2. The summed E-state index contributed by atoms with van der Waals surface area (Å²) in [7, 11) is 0. The zero-order chi connectivity index (χ0) is 15.4. The molecule has 0 amide bonds. The van der Waals surface area contributed by atoms with Gasteiger partial charge >= 0.3 is 0 Å². The van der Waals surface area contributed by atoms with Gasteiger partial charge in [-0.15, -0.1) is 20.4 Å². The molecule has 3 rings (SSSR count). The van der Waals surface area contributed by atoms with E-state index in [1.807, 2.05) is 38.1 Å². The standard InChI is InChI=1S/C14H15N5OS2/c1-3-15-13-18-19-14(22-13)21-8-11-16-17-12(20-11)10-6-4-5-9(2)7-10/h4-7H,3,8H2,1-2H3,(H,15,18). The van der Waals surface area contributed by atoms with Gasteiger partial charge in [-0.3, -0.25) is 0 Å². The Balaban J connectivity index is 1.64. The summed E-state index contributed by atoms with van der Waals surface area (Å²) in [5.74, 6) is 1.71. The van der Waals surface area contributed by atoms with Gasteiger partial charge < -0.3 is 9.73 Å².